The highest BCUT2D eigenvalue weighted by molar-refractivity contribution is 6.50. The van der Waals surface area contributed by atoms with Crippen LogP contribution in [0.4, 0.5) is 11.4 Å². The van der Waals surface area contributed by atoms with Crippen LogP contribution in [0, 0.1) is 0 Å². The number of rotatable bonds is 0. The Balaban J connectivity index is 2.22. The molecule has 1 aromatic rings. The van der Waals surface area contributed by atoms with Gasteiger partial charge in [0.2, 0.25) is 5.84 Å². The van der Waals surface area contributed by atoms with Crippen molar-refractivity contribution in [3.63, 3.8) is 0 Å². The van der Waals surface area contributed by atoms with E-state index in [1.165, 1.54) is 0 Å². The average molecular weight is 200 g/mol. The molecule has 0 unspecified atom stereocenters. The Labute approximate surface area is 86.1 Å². The minimum absolute atomic E-state index is 0.222. The fourth-order valence-electron chi connectivity index (χ4n) is 1.71. The Morgan fingerprint density at radius 1 is 1.33 bits per heavy atom. The number of hydrogen-bond acceptors (Lipinski definition) is 4. The molecule has 5 heteroatoms. The molecule has 0 bridgehead atoms. The Morgan fingerprint density at radius 3 is 3.00 bits per heavy atom. The number of anilines is 2. The van der Waals surface area contributed by atoms with Crippen LogP contribution < -0.4 is 15.6 Å². The van der Waals surface area contributed by atoms with Crippen molar-refractivity contribution in [2.45, 2.75) is 0 Å². The molecule has 0 aromatic heterocycles. The van der Waals surface area contributed by atoms with E-state index >= 15 is 0 Å². The Morgan fingerprint density at radius 2 is 2.13 bits per heavy atom. The Kier molecular flexibility index (Phi) is 1.39. The summed E-state index contributed by atoms with van der Waals surface area (Å²) < 4.78 is 0. The van der Waals surface area contributed by atoms with E-state index < -0.39 is 0 Å². The summed E-state index contributed by atoms with van der Waals surface area (Å²) in [5.74, 6) is 0.700. The average Bonchev–Trinajstić information content (AvgIpc) is 2.62. The van der Waals surface area contributed by atoms with Crippen molar-refractivity contribution in [1.29, 1.82) is 0 Å². The monoisotopic (exact) mass is 200 g/mol. The lowest BCUT2D eigenvalue weighted by Gasteiger charge is -2.26. The van der Waals surface area contributed by atoms with Crippen LogP contribution in [-0.2, 0) is 4.79 Å². The number of para-hydroxylation sites is 2. The fraction of sp³-hybridized carbons (Fsp3) is 0. The van der Waals surface area contributed by atoms with E-state index in [0.717, 1.165) is 11.4 Å². The third-order valence-corrected chi connectivity index (χ3v) is 2.37. The third kappa shape index (κ3) is 0.969. The van der Waals surface area contributed by atoms with Crippen LogP contribution in [-0.4, -0.2) is 11.7 Å². The molecule has 15 heavy (non-hydrogen) atoms. The van der Waals surface area contributed by atoms with Gasteiger partial charge in [0, 0.05) is 0 Å². The van der Waals surface area contributed by atoms with Crippen LogP contribution >= 0.6 is 0 Å². The van der Waals surface area contributed by atoms with Gasteiger partial charge in [0.1, 0.15) is 5.82 Å². The van der Waals surface area contributed by atoms with Gasteiger partial charge in [0.15, 0.2) is 0 Å². The summed E-state index contributed by atoms with van der Waals surface area (Å²) >= 11 is 0. The quantitative estimate of drug-likeness (QED) is 0.652. The molecule has 0 fully saturated rings. The third-order valence-electron chi connectivity index (χ3n) is 2.37. The maximum atomic E-state index is 11.6. The number of carbonyl (C=O) groups is 1. The zero-order chi connectivity index (χ0) is 10.4. The van der Waals surface area contributed by atoms with E-state index in [0.29, 0.717) is 11.7 Å². The summed E-state index contributed by atoms with van der Waals surface area (Å²) in [6.45, 7) is 3.79. The van der Waals surface area contributed by atoms with E-state index in [2.05, 4.69) is 22.4 Å². The highest BCUT2D eigenvalue weighted by Gasteiger charge is 2.34. The number of amidine groups is 1. The second-order valence-corrected chi connectivity index (χ2v) is 3.30. The zero-order valence-corrected chi connectivity index (χ0v) is 7.82. The molecule has 0 aliphatic carbocycles. The van der Waals surface area contributed by atoms with Crippen molar-refractivity contribution in [2.24, 2.45) is 5.10 Å². The summed E-state index contributed by atoms with van der Waals surface area (Å²) in [5, 5.41) is 6.66. The van der Waals surface area contributed by atoms with Gasteiger partial charge in [-0.3, -0.25) is 15.1 Å². The molecule has 0 saturated carbocycles. The summed E-state index contributed by atoms with van der Waals surface area (Å²) in [6, 6.07) is 7.52. The first-order chi connectivity index (χ1) is 7.27. The van der Waals surface area contributed by atoms with Crippen molar-refractivity contribution >= 4 is 23.1 Å². The summed E-state index contributed by atoms with van der Waals surface area (Å²) in [7, 11) is 0. The Hall–Kier alpha value is -2.30. The molecule has 2 heterocycles. The zero-order valence-electron chi connectivity index (χ0n) is 7.82. The lowest BCUT2D eigenvalue weighted by atomic mass is 10.2. The highest BCUT2D eigenvalue weighted by Crippen LogP contribution is 2.33. The van der Waals surface area contributed by atoms with Gasteiger partial charge in [-0.15, -0.1) is 5.10 Å². The van der Waals surface area contributed by atoms with Crippen LogP contribution in [0.2, 0.25) is 0 Å². The number of fused-ring (bicyclic) bond motifs is 3. The minimum atomic E-state index is -0.222. The normalized spacial score (nSPS) is 17.6. The van der Waals surface area contributed by atoms with Crippen LogP contribution in [0.1, 0.15) is 0 Å². The molecule has 2 aliphatic rings. The number of hydrazone groups is 1. The maximum absolute atomic E-state index is 11.6. The number of benzene rings is 1. The lowest BCUT2D eigenvalue weighted by Crippen LogP contribution is -2.40. The molecule has 2 aliphatic heterocycles. The first kappa shape index (κ1) is 8.05. The molecule has 0 atom stereocenters. The van der Waals surface area contributed by atoms with E-state index in [-0.39, 0.29) is 5.91 Å². The summed E-state index contributed by atoms with van der Waals surface area (Å²) in [5.41, 5.74) is 4.34. The van der Waals surface area contributed by atoms with E-state index in [4.69, 9.17) is 0 Å². The van der Waals surface area contributed by atoms with E-state index in [9.17, 15) is 4.79 Å². The van der Waals surface area contributed by atoms with Gasteiger partial charge in [-0.2, -0.15) is 0 Å². The van der Waals surface area contributed by atoms with Crippen LogP contribution in [0.5, 0.6) is 0 Å². The predicted molar refractivity (Wildman–Crippen MR) is 57.3 cm³/mol. The molecule has 1 aromatic carbocycles. The highest BCUT2D eigenvalue weighted by atomic mass is 16.2. The predicted octanol–water partition coefficient (Wildman–Crippen LogP) is 0.833. The molecular weight excluding hydrogens is 192 g/mol. The largest absolute Gasteiger partial charge is 0.317 e. The number of nitrogens with zero attached hydrogens (tertiary/aromatic N) is 2. The van der Waals surface area contributed by atoms with E-state index in [1.807, 2.05) is 24.3 Å². The van der Waals surface area contributed by atoms with Crippen LogP contribution in [0.25, 0.3) is 0 Å². The number of carbonyl (C=O) groups excluding carboxylic acids is 1. The van der Waals surface area contributed by atoms with Crippen molar-refractivity contribution in [3.05, 3.63) is 36.7 Å². The fourth-order valence-corrected chi connectivity index (χ4v) is 1.71. The standard InChI is InChI=1S/C10H8N4O/c1-6-12-13-9-10(15)11-7-4-2-3-5-8(7)14(6)9/h2-5,12H,1H2,(H,11,15). The lowest BCUT2D eigenvalue weighted by molar-refractivity contribution is -0.110. The van der Waals surface area contributed by atoms with Crippen LogP contribution in [0.3, 0.4) is 0 Å². The Bertz CT molecular complexity index is 506. The molecule has 5 nitrogen and oxygen atoms in total. The molecule has 3 rings (SSSR count). The van der Waals surface area contributed by atoms with Gasteiger partial charge in [-0.25, -0.2) is 0 Å². The van der Waals surface area contributed by atoms with Gasteiger partial charge >= 0.3 is 0 Å². The summed E-state index contributed by atoms with van der Waals surface area (Å²) in [6.07, 6.45) is 0. The molecule has 74 valence electrons. The van der Waals surface area contributed by atoms with Crippen molar-refractivity contribution in [1.82, 2.24) is 5.43 Å². The smallest absolute Gasteiger partial charge is 0.293 e. The van der Waals surface area contributed by atoms with Crippen molar-refractivity contribution in [3.8, 4) is 0 Å². The first-order valence-electron chi connectivity index (χ1n) is 4.50. The van der Waals surface area contributed by atoms with Crippen LogP contribution in [0.15, 0.2) is 41.8 Å². The molecule has 2 N–H and O–H groups in total. The van der Waals surface area contributed by atoms with Gasteiger partial charge in [0.25, 0.3) is 5.91 Å². The van der Waals surface area contributed by atoms with Gasteiger partial charge in [0.05, 0.1) is 11.4 Å². The van der Waals surface area contributed by atoms with Crippen molar-refractivity contribution in [2.75, 3.05) is 10.2 Å². The van der Waals surface area contributed by atoms with E-state index in [1.54, 1.807) is 4.90 Å². The first-order valence-corrected chi connectivity index (χ1v) is 4.50. The molecule has 0 saturated heterocycles. The molecule has 0 radical (unpaired) electrons. The minimum Gasteiger partial charge on any atom is -0.317 e. The second-order valence-electron chi connectivity index (χ2n) is 3.30. The van der Waals surface area contributed by atoms with Gasteiger partial charge in [-0.05, 0) is 12.1 Å². The maximum Gasteiger partial charge on any atom is 0.293 e. The van der Waals surface area contributed by atoms with Crippen molar-refractivity contribution < 1.29 is 4.79 Å². The molecular formula is C10H8N4O. The topological polar surface area (TPSA) is 56.7 Å². The number of hydrogen-bond donors (Lipinski definition) is 2. The van der Waals surface area contributed by atoms with Gasteiger partial charge in [-0.1, -0.05) is 18.7 Å². The number of amides is 1. The molecule has 0 spiro atoms. The second kappa shape index (κ2) is 2.60. The SMILES string of the molecule is C=C1NN=C2C(=O)Nc3ccccc3N12. The number of nitrogens with one attached hydrogen (secondary N) is 2. The van der Waals surface area contributed by atoms with Gasteiger partial charge < -0.3 is 5.32 Å². The summed E-state index contributed by atoms with van der Waals surface area (Å²) in [4.78, 5) is 13.3. The molecule has 1 amide bonds.